The van der Waals surface area contributed by atoms with Gasteiger partial charge in [-0.1, -0.05) is 137 Å². The second-order valence-corrected chi connectivity index (χ2v) is 10.9. The molecule has 6 rings (SSSR count). The first kappa shape index (κ1) is 32.2. The summed E-state index contributed by atoms with van der Waals surface area (Å²) in [5, 5.41) is 0. The molecule has 4 aromatic rings. The summed E-state index contributed by atoms with van der Waals surface area (Å²) in [6.45, 7) is 4.71. The largest absolute Gasteiger partial charge is 2.00 e. The van der Waals surface area contributed by atoms with Crippen LogP contribution in [0.15, 0.2) is 97.1 Å². The number of benzene rings is 4. The van der Waals surface area contributed by atoms with Gasteiger partial charge in [-0.25, -0.2) is 0 Å². The number of hydrogen-bond acceptors (Lipinski definition) is 0. The van der Waals surface area contributed by atoms with Gasteiger partial charge in [-0.2, -0.15) is 0 Å². The minimum atomic E-state index is 0. The van der Waals surface area contributed by atoms with Gasteiger partial charge in [0.1, 0.15) is 0 Å². The van der Waals surface area contributed by atoms with Crippen LogP contribution in [0.1, 0.15) is 86.5 Å². The van der Waals surface area contributed by atoms with Crippen molar-refractivity contribution in [2.75, 3.05) is 0 Å². The third-order valence-electron chi connectivity index (χ3n) is 8.95. The van der Waals surface area contributed by atoms with Crippen molar-refractivity contribution in [2.24, 2.45) is 11.8 Å². The monoisotopic (exact) mass is 718 g/mol. The Labute approximate surface area is 275 Å². The minimum absolute atomic E-state index is 0. The van der Waals surface area contributed by atoms with Crippen LogP contribution >= 0.6 is 0 Å². The Bertz CT molecular complexity index is 1170. The van der Waals surface area contributed by atoms with E-state index in [0.29, 0.717) is 23.7 Å². The van der Waals surface area contributed by atoms with Crippen LogP contribution in [0.5, 0.6) is 0 Å². The number of rotatable bonds is 9. The van der Waals surface area contributed by atoms with Crippen molar-refractivity contribution in [2.45, 2.75) is 64.2 Å². The molecule has 0 aliphatic heterocycles. The standard InChI is InChI=1S/C36H38.2BrH.Zr/c1-3-5-15-33(35-29-21-11-7-17-25(29)26-18-8-12-22-30(26)35)34(16-6-4-2)36-31-23-13-9-19-27(31)28-20-10-14-24-32(28)36;;;/h7-14,17-24,33-36H,3-6,15-16H2,1-2H3;2*1H;/q;;;+2/p-2. The molecule has 39 heavy (non-hydrogen) atoms. The van der Waals surface area contributed by atoms with Crippen molar-refractivity contribution in [3.63, 3.8) is 0 Å². The first-order chi connectivity index (χ1) is 17.8. The Morgan fingerprint density at radius 2 is 0.718 bits per heavy atom. The van der Waals surface area contributed by atoms with Gasteiger partial charge in [0.25, 0.3) is 0 Å². The molecule has 0 fully saturated rings. The topological polar surface area (TPSA) is 0 Å². The predicted molar refractivity (Wildman–Crippen MR) is 153 cm³/mol. The SMILES string of the molecule is CCCCC(C1c2ccccc2-c2ccccc21)C(CCCC)C1c2ccccc2-c2ccccc21.[Br-].[Br-].[Zr+2]. The molecule has 0 saturated carbocycles. The summed E-state index contributed by atoms with van der Waals surface area (Å²) in [5.41, 5.74) is 12.1. The van der Waals surface area contributed by atoms with E-state index in [9.17, 15) is 0 Å². The molecule has 2 aliphatic carbocycles. The van der Waals surface area contributed by atoms with Gasteiger partial charge in [0.2, 0.25) is 0 Å². The summed E-state index contributed by atoms with van der Waals surface area (Å²) in [6.07, 6.45) is 7.68. The van der Waals surface area contributed by atoms with E-state index in [-0.39, 0.29) is 60.2 Å². The van der Waals surface area contributed by atoms with Crippen molar-refractivity contribution in [1.29, 1.82) is 0 Å². The van der Waals surface area contributed by atoms with E-state index in [4.69, 9.17) is 0 Å². The molecule has 2 unspecified atom stereocenters. The smallest absolute Gasteiger partial charge is 1.00 e. The zero-order chi connectivity index (χ0) is 24.5. The molecule has 0 N–H and O–H groups in total. The molecule has 0 radical (unpaired) electrons. The van der Waals surface area contributed by atoms with E-state index in [1.165, 1.54) is 60.8 Å². The van der Waals surface area contributed by atoms with Crippen molar-refractivity contribution in [3.8, 4) is 22.3 Å². The second kappa shape index (κ2) is 14.6. The predicted octanol–water partition coefficient (Wildman–Crippen LogP) is 4.23. The average molecular weight is 722 g/mol. The number of unbranched alkanes of at least 4 members (excludes halogenated alkanes) is 2. The van der Waals surface area contributed by atoms with Gasteiger partial charge in [-0.3, -0.25) is 0 Å². The quantitative estimate of drug-likeness (QED) is 0.243. The second-order valence-electron chi connectivity index (χ2n) is 10.9. The maximum Gasteiger partial charge on any atom is 2.00 e. The van der Waals surface area contributed by atoms with E-state index in [0.717, 1.165) is 0 Å². The molecule has 0 saturated heterocycles. The molecule has 2 atom stereocenters. The first-order valence-corrected chi connectivity index (χ1v) is 14.2. The van der Waals surface area contributed by atoms with Gasteiger partial charge in [-0.15, -0.1) is 0 Å². The zero-order valence-corrected chi connectivity index (χ0v) is 28.7. The van der Waals surface area contributed by atoms with E-state index < -0.39 is 0 Å². The summed E-state index contributed by atoms with van der Waals surface area (Å²) in [5.74, 6) is 2.19. The van der Waals surface area contributed by atoms with Crippen LogP contribution in [0.25, 0.3) is 22.3 Å². The first-order valence-electron chi connectivity index (χ1n) is 14.2. The van der Waals surface area contributed by atoms with Gasteiger partial charge >= 0.3 is 26.2 Å². The van der Waals surface area contributed by atoms with E-state index in [1.54, 1.807) is 22.3 Å². The maximum absolute atomic E-state index is 2.42. The molecular weight excluding hydrogens is 683 g/mol. The molecule has 200 valence electrons. The van der Waals surface area contributed by atoms with Crippen molar-refractivity contribution < 1.29 is 60.2 Å². The summed E-state index contributed by atoms with van der Waals surface area (Å²) < 4.78 is 0. The molecule has 0 nitrogen and oxygen atoms in total. The maximum atomic E-state index is 2.42. The van der Waals surface area contributed by atoms with Gasteiger partial charge in [0.15, 0.2) is 0 Å². The van der Waals surface area contributed by atoms with Crippen LogP contribution in [0.4, 0.5) is 0 Å². The molecule has 2 aliphatic rings. The fraction of sp³-hybridized carbons (Fsp3) is 0.333. The number of fused-ring (bicyclic) bond motifs is 6. The van der Waals surface area contributed by atoms with Crippen LogP contribution in [0.2, 0.25) is 0 Å². The normalized spacial score (nSPS) is 14.5. The zero-order valence-electron chi connectivity index (χ0n) is 23.0. The van der Waals surface area contributed by atoms with Gasteiger partial charge in [0.05, 0.1) is 0 Å². The van der Waals surface area contributed by atoms with Gasteiger partial charge < -0.3 is 34.0 Å². The van der Waals surface area contributed by atoms with E-state index in [1.807, 2.05) is 0 Å². The molecule has 0 heterocycles. The molecule has 0 bridgehead atoms. The molecule has 4 aromatic carbocycles. The van der Waals surface area contributed by atoms with Gasteiger partial charge in [0, 0.05) is 11.8 Å². The molecule has 0 aromatic heterocycles. The number of hydrogen-bond donors (Lipinski definition) is 0. The molecular formula is C36H38Br2Zr. The Kier molecular flexibility index (Phi) is 12.0. The Hall–Kier alpha value is -1.28. The summed E-state index contributed by atoms with van der Waals surface area (Å²) in [4.78, 5) is 0. The third kappa shape index (κ3) is 5.89. The van der Waals surface area contributed by atoms with Crippen LogP contribution in [0, 0.1) is 11.8 Å². The van der Waals surface area contributed by atoms with E-state index >= 15 is 0 Å². The minimum Gasteiger partial charge on any atom is -1.00 e. The van der Waals surface area contributed by atoms with Crippen molar-refractivity contribution in [3.05, 3.63) is 119 Å². The molecule has 0 amide bonds. The fourth-order valence-corrected chi connectivity index (χ4v) is 7.45. The van der Waals surface area contributed by atoms with Gasteiger partial charge in [-0.05, 0) is 69.2 Å². The van der Waals surface area contributed by atoms with Crippen LogP contribution in [-0.4, -0.2) is 0 Å². The van der Waals surface area contributed by atoms with E-state index in [2.05, 4.69) is 111 Å². The van der Waals surface area contributed by atoms with Crippen LogP contribution in [0.3, 0.4) is 0 Å². The molecule has 0 spiro atoms. The Morgan fingerprint density at radius 3 is 0.974 bits per heavy atom. The summed E-state index contributed by atoms with van der Waals surface area (Å²) >= 11 is 0. The van der Waals surface area contributed by atoms with Crippen molar-refractivity contribution >= 4 is 0 Å². The number of halogens is 2. The summed E-state index contributed by atoms with van der Waals surface area (Å²) in [7, 11) is 0. The molecule has 3 heteroatoms. The van der Waals surface area contributed by atoms with Crippen LogP contribution < -0.4 is 34.0 Å². The fourth-order valence-electron chi connectivity index (χ4n) is 7.45. The average Bonchev–Trinajstić information content (AvgIpc) is 3.44. The Morgan fingerprint density at radius 1 is 0.462 bits per heavy atom. The Balaban J connectivity index is 0.00000140. The third-order valence-corrected chi connectivity index (χ3v) is 8.95. The van der Waals surface area contributed by atoms with Crippen molar-refractivity contribution in [1.82, 2.24) is 0 Å². The summed E-state index contributed by atoms with van der Waals surface area (Å²) in [6, 6.07) is 37.0. The van der Waals surface area contributed by atoms with Crippen LogP contribution in [-0.2, 0) is 26.2 Å².